The van der Waals surface area contributed by atoms with Gasteiger partial charge in [-0.05, 0) is 19.1 Å². The number of morpholine rings is 1. The molecule has 0 radical (unpaired) electrons. The molecule has 1 aromatic rings. The molecule has 1 aliphatic heterocycles. The fourth-order valence-electron chi connectivity index (χ4n) is 2.26. The average Bonchev–Trinajstić information content (AvgIpc) is 2.56. The van der Waals surface area contributed by atoms with E-state index in [4.69, 9.17) is 27.9 Å². The van der Waals surface area contributed by atoms with Crippen LogP contribution in [0.4, 0.5) is 5.69 Å². The molecule has 0 spiro atoms. The molecule has 8 heteroatoms. The van der Waals surface area contributed by atoms with E-state index in [0.717, 1.165) is 0 Å². The topological polar surface area (TPSA) is 70.7 Å². The van der Waals surface area contributed by atoms with E-state index in [1.165, 1.54) is 4.90 Å². The van der Waals surface area contributed by atoms with Crippen molar-refractivity contribution in [3.8, 4) is 0 Å². The summed E-state index contributed by atoms with van der Waals surface area (Å²) in [4.78, 5) is 26.1. The van der Waals surface area contributed by atoms with E-state index in [2.05, 4.69) is 10.6 Å². The Morgan fingerprint density at radius 3 is 2.65 bits per heavy atom. The van der Waals surface area contributed by atoms with Crippen molar-refractivity contribution in [2.24, 2.45) is 0 Å². The summed E-state index contributed by atoms with van der Waals surface area (Å²) in [5, 5.41) is 6.44. The molecule has 1 fully saturated rings. The number of hydrogen-bond acceptors (Lipinski definition) is 4. The molecule has 0 aromatic heterocycles. The first-order valence-corrected chi connectivity index (χ1v) is 8.12. The second-order valence-electron chi connectivity index (χ2n) is 5.08. The van der Waals surface area contributed by atoms with Crippen molar-refractivity contribution in [2.45, 2.75) is 13.0 Å². The SMILES string of the molecule is CCN(CC(=O)Nc1c(Cl)cccc1Cl)C(=O)C1COCCN1. The van der Waals surface area contributed by atoms with E-state index in [0.29, 0.717) is 42.0 Å². The number of amides is 2. The maximum Gasteiger partial charge on any atom is 0.244 e. The molecule has 1 atom stereocenters. The number of para-hydroxylation sites is 1. The minimum Gasteiger partial charge on any atom is -0.378 e. The van der Waals surface area contributed by atoms with Crippen molar-refractivity contribution in [1.29, 1.82) is 0 Å². The number of likely N-dealkylation sites (N-methyl/N-ethyl adjacent to an activating group) is 1. The quantitative estimate of drug-likeness (QED) is 0.840. The first-order valence-electron chi connectivity index (χ1n) is 7.36. The number of carbonyl (C=O) groups excluding carboxylic acids is 2. The highest BCUT2D eigenvalue weighted by atomic mass is 35.5. The molecule has 2 rings (SSSR count). The summed E-state index contributed by atoms with van der Waals surface area (Å²) < 4.78 is 5.28. The number of nitrogens with one attached hydrogen (secondary N) is 2. The summed E-state index contributed by atoms with van der Waals surface area (Å²) in [6, 6.07) is 4.54. The maximum absolute atomic E-state index is 12.4. The van der Waals surface area contributed by atoms with Gasteiger partial charge in [0.2, 0.25) is 11.8 Å². The highest BCUT2D eigenvalue weighted by Crippen LogP contribution is 2.29. The van der Waals surface area contributed by atoms with E-state index < -0.39 is 6.04 Å². The van der Waals surface area contributed by atoms with Crippen LogP contribution in [-0.4, -0.2) is 55.6 Å². The zero-order valence-electron chi connectivity index (χ0n) is 12.8. The Labute approximate surface area is 145 Å². The molecule has 23 heavy (non-hydrogen) atoms. The lowest BCUT2D eigenvalue weighted by molar-refractivity contribution is -0.138. The molecule has 2 amide bonds. The minimum absolute atomic E-state index is 0.0743. The van der Waals surface area contributed by atoms with Crippen LogP contribution in [0.15, 0.2) is 18.2 Å². The van der Waals surface area contributed by atoms with Crippen LogP contribution in [0, 0.1) is 0 Å². The molecule has 6 nitrogen and oxygen atoms in total. The number of rotatable bonds is 5. The molecule has 1 heterocycles. The van der Waals surface area contributed by atoms with Crippen molar-refractivity contribution < 1.29 is 14.3 Å². The van der Waals surface area contributed by atoms with Gasteiger partial charge in [0.15, 0.2) is 0 Å². The number of benzene rings is 1. The second kappa shape index (κ2) is 8.49. The van der Waals surface area contributed by atoms with Crippen LogP contribution in [0.3, 0.4) is 0 Å². The monoisotopic (exact) mass is 359 g/mol. The van der Waals surface area contributed by atoms with Gasteiger partial charge in [-0.1, -0.05) is 29.3 Å². The zero-order valence-corrected chi connectivity index (χ0v) is 14.3. The Morgan fingerprint density at radius 1 is 1.39 bits per heavy atom. The summed E-state index contributed by atoms with van der Waals surface area (Å²) in [7, 11) is 0. The van der Waals surface area contributed by atoms with Gasteiger partial charge in [0.05, 0.1) is 35.5 Å². The van der Waals surface area contributed by atoms with Gasteiger partial charge in [-0.15, -0.1) is 0 Å². The van der Waals surface area contributed by atoms with Crippen molar-refractivity contribution in [1.82, 2.24) is 10.2 Å². The van der Waals surface area contributed by atoms with Crippen LogP contribution in [0.5, 0.6) is 0 Å². The molecule has 0 bridgehead atoms. The van der Waals surface area contributed by atoms with Gasteiger partial charge in [0, 0.05) is 13.1 Å². The number of halogens is 2. The molecule has 0 aliphatic carbocycles. The average molecular weight is 360 g/mol. The fourth-order valence-corrected chi connectivity index (χ4v) is 2.75. The number of ether oxygens (including phenoxy) is 1. The smallest absolute Gasteiger partial charge is 0.244 e. The van der Waals surface area contributed by atoms with Crippen LogP contribution in [0.25, 0.3) is 0 Å². The van der Waals surface area contributed by atoms with Gasteiger partial charge in [-0.3, -0.25) is 9.59 Å². The Morgan fingerprint density at radius 2 is 2.09 bits per heavy atom. The molecule has 126 valence electrons. The number of anilines is 1. The standard InChI is InChI=1S/C15H19Cl2N3O3/c1-2-20(15(22)12-9-23-7-6-18-12)8-13(21)19-14-10(16)4-3-5-11(14)17/h3-5,12,18H,2,6-9H2,1H3,(H,19,21). The molecule has 1 unspecified atom stereocenters. The molecule has 1 aromatic carbocycles. The van der Waals surface area contributed by atoms with E-state index in [1.54, 1.807) is 18.2 Å². The van der Waals surface area contributed by atoms with E-state index in [1.807, 2.05) is 6.92 Å². The van der Waals surface area contributed by atoms with Crippen molar-refractivity contribution in [3.63, 3.8) is 0 Å². The first-order chi connectivity index (χ1) is 11.0. The maximum atomic E-state index is 12.4. The molecule has 0 saturated carbocycles. The van der Waals surface area contributed by atoms with Crippen LogP contribution < -0.4 is 10.6 Å². The van der Waals surface area contributed by atoms with Gasteiger partial charge in [0.1, 0.15) is 6.04 Å². The van der Waals surface area contributed by atoms with E-state index in [9.17, 15) is 9.59 Å². The van der Waals surface area contributed by atoms with Crippen LogP contribution in [-0.2, 0) is 14.3 Å². The number of carbonyl (C=O) groups is 2. The lowest BCUT2D eigenvalue weighted by atomic mass is 10.2. The predicted octanol–water partition coefficient (Wildman–Crippen LogP) is 1.77. The van der Waals surface area contributed by atoms with Crippen LogP contribution >= 0.6 is 23.2 Å². The van der Waals surface area contributed by atoms with E-state index in [-0.39, 0.29) is 18.4 Å². The first kappa shape index (κ1) is 18.0. The predicted molar refractivity (Wildman–Crippen MR) is 90.0 cm³/mol. The summed E-state index contributed by atoms with van der Waals surface area (Å²) in [6.45, 7) is 3.68. The number of nitrogens with zero attached hydrogens (tertiary/aromatic N) is 1. The summed E-state index contributed by atoms with van der Waals surface area (Å²) in [5.41, 5.74) is 0.350. The second-order valence-corrected chi connectivity index (χ2v) is 5.89. The third-order valence-corrected chi connectivity index (χ3v) is 4.10. The summed E-state index contributed by atoms with van der Waals surface area (Å²) in [5.74, 6) is -0.514. The molecular formula is C15H19Cl2N3O3. The van der Waals surface area contributed by atoms with Gasteiger partial charge >= 0.3 is 0 Å². The van der Waals surface area contributed by atoms with Gasteiger partial charge in [-0.25, -0.2) is 0 Å². The van der Waals surface area contributed by atoms with Crippen LogP contribution in [0.2, 0.25) is 10.0 Å². The molecule has 2 N–H and O–H groups in total. The molecular weight excluding hydrogens is 341 g/mol. The minimum atomic E-state index is -0.416. The Kier molecular flexibility index (Phi) is 6.65. The zero-order chi connectivity index (χ0) is 16.8. The number of hydrogen-bond donors (Lipinski definition) is 2. The lowest BCUT2D eigenvalue weighted by Gasteiger charge is -2.29. The van der Waals surface area contributed by atoms with E-state index >= 15 is 0 Å². The van der Waals surface area contributed by atoms with Crippen molar-refractivity contribution in [3.05, 3.63) is 28.2 Å². The van der Waals surface area contributed by atoms with Crippen LogP contribution in [0.1, 0.15) is 6.92 Å². The Hall–Kier alpha value is -1.34. The van der Waals surface area contributed by atoms with Crippen molar-refractivity contribution in [2.75, 3.05) is 38.2 Å². The van der Waals surface area contributed by atoms with Gasteiger partial charge < -0.3 is 20.3 Å². The lowest BCUT2D eigenvalue weighted by Crippen LogP contribution is -2.53. The summed E-state index contributed by atoms with van der Waals surface area (Å²) in [6.07, 6.45) is 0. The molecule has 1 aliphatic rings. The summed E-state index contributed by atoms with van der Waals surface area (Å²) >= 11 is 12.0. The Balaban J connectivity index is 1.98. The highest BCUT2D eigenvalue weighted by molar-refractivity contribution is 6.39. The third kappa shape index (κ3) is 4.81. The highest BCUT2D eigenvalue weighted by Gasteiger charge is 2.26. The normalized spacial score (nSPS) is 17.6. The third-order valence-electron chi connectivity index (χ3n) is 3.47. The largest absolute Gasteiger partial charge is 0.378 e. The molecule has 1 saturated heterocycles. The van der Waals surface area contributed by atoms with Crippen molar-refractivity contribution >= 4 is 40.7 Å². The Bertz CT molecular complexity index is 557. The fraction of sp³-hybridized carbons (Fsp3) is 0.467. The van der Waals surface area contributed by atoms with Gasteiger partial charge in [-0.2, -0.15) is 0 Å². The van der Waals surface area contributed by atoms with Gasteiger partial charge in [0.25, 0.3) is 0 Å².